The lowest BCUT2D eigenvalue weighted by molar-refractivity contribution is -0.671. The van der Waals surface area contributed by atoms with Crippen LogP contribution in [0.2, 0.25) is 0 Å². The summed E-state index contributed by atoms with van der Waals surface area (Å²) in [6, 6.07) is 3.37. The van der Waals surface area contributed by atoms with Crippen molar-refractivity contribution in [3.05, 3.63) is 45.5 Å². The van der Waals surface area contributed by atoms with Gasteiger partial charge in [0.2, 0.25) is 0 Å². The van der Waals surface area contributed by atoms with E-state index in [1.165, 1.54) is 0 Å². The highest BCUT2D eigenvalue weighted by Crippen LogP contribution is 1.95. The third-order valence-corrected chi connectivity index (χ3v) is 1.90. The van der Waals surface area contributed by atoms with Crippen LogP contribution in [0.4, 0.5) is 0 Å². The molecule has 2 aromatic rings. The summed E-state index contributed by atoms with van der Waals surface area (Å²) in [5.41, 5.74) is -0.400. The van der Waals surface area contributed by atoms with E-state index in [0.29, 0.717) is 5.69 Å². The number of rotatable bonds is 1. The highest BCUT2D eigenvalue weighted by Gasteiger charge is 2.06. The Morgan fingerprint density at radius 1 is 1.13 bits per heavy atom. The minimum atomic E-state index is -0.469. The smallest absolute Gasteiger partial charge is 0.348 e. The Balaban J connectivity index is 0.00000112. The highest BCUT2D eigenvalue weighted by atomic mass is 127. The van der Waals surface area contributed by atoms with Gasteiger partial charge >= 0.3 is 11.4 Å². The number of H-pyrrole nitrogens is 2. The Morgan fingerprint density at radius 2 is 1.60 bits per heavy atom. The molecular weight excluding hydrogens is 311 g/mol. The quantitative estimate of drug-likeness (QED) is 0.412. The summed E-state index contributed by atoms with van der Waals surface area (Å²) in [6.07, 6.45) is 3.52. The van der Waals surface area contributed by atoms with Crippen molar-refractivity contribution in [3.8, 4) is 5.69 Å². The zero-order chi connectivity index (χ0) is 10.1. The van der Waals surface area contributed by atoms with E-state index in [0.717, 1.165) is 4.57 Å². The van der Waals surface area contributed by atoms with E-state index in [1.54, 1.807) is 24.5 Å². The second-order valence-electron chi connectivity index (χ2n) is 2.92. The first-order valence-electron chi connectivity index (χ1n) is 4.04. The standard InChI is InChI=1S/C8H8N4O2.HI/c1-11-4-2-6(3-5-11)12-7(13)9-10-8(12)14;/h2-5H,1H3,(H-,9,10,13,14);1H. The van der Waals surface area contributed by atoms with Gasteiger partial charge in [-0.3, -0.25) is 0 Å². The first-order chi connectivity index (χ1) is 6.68. The van der Waals surface area contributed by atoms with E-state index in [2.05, 4.69) is 10.2 Å². The Kier molecular flexibility index (Phi) is 3.45. The largest absolute Gasteiger partial charge is 1.00 e. The molecule has 6 nitrogen and oxygen atoms in total. The molecule has 0 aliphatic heterocycles. The maximum absolute atomic E-state index is 11.2. The zero-order valence-corrected chi connectivity index (χ0v) is 10.1. The molecule has 2 N–H and O–H groups in total. The SMILES string of the molecule is C[n+]1ccc(-n2c(=O)[nH][nH]c2=O)cc1.[I-]. The topological polar surface area (TPSA) is 74.5 Å². The molecule has 2 heterocycles. The fourth-order valence-corrected chi connectivity index (χ4v) is 1.19. The van der Waals surface area contributed by atoms with Crippen LogP contribution in [0, 0.1) is 0 Å². The average Bonchev–Trinajstić information content (AvgIpc) is 2.49. The number of aromatic nitrogens is 4. The van der Waals surface area contributed by atoms with Gasteiger partial charge in [0.05, 0.1) is 5.69 Å². The summed E-state index contributed by atoms with van der Waals surface area (Å²) in [4.78, 5) is 22.4. The molecule has 15 heavy (non-hydrogen) atoms. The monoisotopic (exact) mass is 320 g/mol. The number of pyridine rings is 1. The van der Waals surface area contributed by atoms with Crippen LogP contribution >= 0.6 is 0 Å². The molecule has 0 bridgehead atoms. The Morgan fingerprint density at radius 3 is 2.07 bits per heavy atom. The fraction of sp³-hybridized carbons (Fsp3) is 0.125. The van der Waals surface area contributed by atoms with Crippen molar-refractivity contribution in [2.24, 2.45) is 7.05 Å². The van der Waals surface area contributed by atoms with E-state index in [9.17, 15) is 9.59 Å². The third-order valence-electron chi connectivity index (χ3n) is 1.90. The summed E-state index contributed by atoms with van der Waals surface area (Å²) in [7, 11) is 1.86. The van der Waals surface area contributed by atoms with Gasteiger partial charge in [0, 0.05) is 12.1 Å². The van der Waals surface area contributed by atoms with Gasteiger partial charge in [-0.25, -0.2) is 28.9 Å². The van der Waals surface area contributed by atoms with Crippen molar-refractivity contribution < 1.29 is 28.5 Å². The number of nitrogens with one attached hydrogen (secondary N) is 2. The van der Waals surface area contributed by atoms with Gasteiger partial charge in [0.25, 0.3) is 0 Å². The molecule has 80 valence electrons. The normalized spacial score (nSPS) is 9.67. The second-order valence-corrected chi connectivity index (χ2v) is 2.92. The van der Waals surface area contributed by atoms with Gasteiger partial charge in [-0.2, -0.15) is 0 Å². The summed E-state index contributed by atoms with van der Waals surface area (Å²) in [5, 5.41) is 4.43. The van der Waals surface area contributed by atoms with E-state index in [-0.39, 0.29) is 24.0 Å². The van der Waals surface area contributed by atoms with Crippen LogP contribution in [0.3, 0.4) is 0 Å². The van der Waals surface area contributed by atoms with Crippen LogP contribution in [0.25, 0.3) is 5.69 Å². The summed E-state index contributed by atoms with van der Waals surface area (Å²) in [5.74, 6) is 0. The first-order valence-corrected chi connectivity index (χ1v) is 4.04. The first kappa shape index (κ1) is 11.7. The number of nitrogens with zero attached hydrogens (tertiary/aromatic N) is 2. The van der Waals surface area contributed by atoms with Crippen LogP contribution in [0.15, 0.2) is 34.1 Å². The maximum Gasteiger partial charge on any atom is 0.348 e. The summed E-state index contributed by atoms with van der Waals surface area (Å²) >= 11 is 0. The average molecular weight is 320 g/mol. The number of aryl methyl sites for hydroxylation is 1. The van der Waals surface area contributed by atoms with Crippen molar-refractivity contribution in [2.45, 2.75) is 0 Å². The van der Waals surface area contributed by atoms with Gasteiger partial charge < -0.3 is 24.0 Å². The third kappa shape index (κ3) is 2.17. The minimum Gasteiger partial charge on any atom is -1.00 e. The minimum absolute atomic E-state index is 0. The van der Waals surface area contributed by atoms with E-state index in [1.807, 2.05) is 11.6 Å². The highest BCUT2D eigenvalue weighted by molar-refractivity contribution is 5.26. The maximum atomic E-state index is 11.2. The van der Waals surface area contributed by atoms with Crippen molar-refractivity contribution in [1.29, 1.82) is 0 Å². The lowest BCUT2D eigenvalue weighted by atomic mass is 10.4. The second kappa shape index (κ2) is 4.43. The number of hydrogen-bond acceptors (Lipinski definition) is 2. The van der Waals surface area contributed by atoms with Crippen LogP contribution in [0.1, 0.15) is 0 Å². The molecule has 0 unspecified atom stereocenters. The molecule has 0 radical (unpaired) electrons. The molecule has 7 heteroatoms. The summed E-state index contributed by atoms with van der Waals surface area (Å²) < 4.78 is 2.84. The molecule has 2 aromatic heterocycles. The molecule has 0 atom stereocenters. The Bertz CT molecular complexity index is 524. The number of halogens is 1. The molecule has 0 amide bonds. The number of aromatic amines is 2. The van der Waals surface area contributed by atoms with Crippen LogP contribution in [-0.2, 0) is 7.05 Å². The Hall–Kier alpha value is -1.38. The predicted molar refractivity (Wildman–Crippen MR) is 48.2 cm³/mol. The van der Waals surface area contributed by atoms with Gasteiger partial charge in [0.15, 0.2) is 12.4 Å². The van der Waals surface area contributed by atoms with Gasteiger partial charge in [0.1, 0.15) is 7.05 Å². The fourth-order valence-electron chi connectivity index (χ4n) is 1.19. The van der Waals surface area contributed by atoms with Crippen LogP contribution in [-0.4, -0.2) is 14.8 Å². The molecule has 0 aliphatic rings. The number of hydrogen-bond donors (Lipinski definition) is 2. The van der Waals surface area contributed by atoms with Crippen molar-refractivity contribution in [1.82, 2.24) is 14.8 Å². The van der Waals surface area contributed by atoms with E-state index >= 15 is 0 Å². The van der Waals surface area contributed by atoms with Crippen molar-refractivity contribution in [3.63, 3.8) is 0 Å². The molecular formula is C8H9IN4O2. The van der Waals surface area contributed by atoms with E-state index < -0.39 is 11.4 Å². The van der Waals surface area contributed by atoms with Gasteiger partial charge in [-0.15, -0.1) is 0 Å². The van der Waals surface area contributed by atoms with Crippen LogP contribution in [0.5, 0.6) is 0 Å². The predicted octanol–water partition coefficient (Wildman–Crippen LogP) is -4.32. The molecule has 0 aromatic carbocycles. The van der Waals surface area contributed by atoms with E-state index in [4.69, 9.17) is 0 Å². The van der Waals surface area contributed by atoms with Crippen molar-refractivity contribution in [2.75, 3.05) is 0 Å². The van der Waals surface area contributed by atoms with Crippen LogP contribution < -0.4 is 39.9 Å². The molecule has 0 spiro atoms. The Labute approximate surface area is 102 Å². The molecule has 0 aliphatic carbocycles. The zero-order valence-electron chi connectivity index (χ0n) is 7.90. The summed E-state index contributed by atoms with van der Waals surface area (Å²) in [6.45, 7) is 0. The molecule has 0 fully saturated rings. The molecule has 0 saturated heterocycles. The lowest BCUT2D eigenvalue weighted by Gasteiger charge is -1.95. The van der Waals surface area contributed by atoms with Gasteiger partial charge in [-0.05, 0) is 0 Å². The lowest BCUT2D eigenvalue weighted by Crippen LogP contribution is -3.00. The molecule has 0 saturated carbocycles. The van der Waals surface area contributed by atoms with Crippen molar-refractivity contribution >= 4 is 0 Å². The van der Waals surface area contributed by atoms with Gasteiger partial charge in [-0.1, -0.05) is 0 Å². The molecule has 2 rings (SSSR count).